The normalized spacial score (nSPS) is 9.77. The van der Waals surface area contributed by atoms with Crippen LogP contribution in [-0.2, 0) is 0 Å². The van der Waals surface area contributed by atoms with E-state index >= 15 is 0 Å². The van der Waals surface area contributed by atoms with Gasteiger partial charge in [-0.2, -0.15) is 0 Å². The number of nitrogens with one attached hydrogen (secondary N) is 2. The third kappa shape index (κ3) is 2.45. The molecule has 0 spiro atoms. The van der Waals surface area contributed by atoms with Gasteiger partial charge in [-0.1, -0.05) is 11.6 Å². The van der Waals surface area contributed by atoms with Crippen LogP contribution in [-0.4, -0.2) is 23.1 Å². The van der Waals surface area contributed by atoms with Gasteiger partial charge < -0.3 is 10.6 Å². The predicted molar refractivity (Wildman–Crippen MR) is 55.4 cm³/mol. The summed E-state index contributed by atoms with van der Waals surface area (Å²) in [6, 6.07) is 0. The molecule has 1 rings (SSSR count). The smallest absolute Gasteiger partial charge is 0.157 e. The van der Waals surface area contributed by atoms with E-state index in [1.165, 1.54) is 6.33 Å². The van der Waals surface area contributed by atoms with Crippen molar-refractivity contribution < 1.29 is 0 Å². The standard InChI is InChI=1S/C8H13ClN4/c1-3-10-6-7(9)12-5-13-8(6)11-4-2/h5,10H,3-4H2,1-2H3,(H,11,12,13). The Morgan fingerprint density at radius 3 is 2.54 bits per heavy atom. The third-order valence-corrected chi connectivity index (χ3v) is 1.79. The molecule has 0 amide bonds. The van der Waals surface area contributed by atoms with E-state index in [0.29, 0.717) is 5.15 Å². The minimum Gasteiger partial charge on any atom is -0.380 e. The number of nitrogens with zero attached hydrogens (tertiary/aromatic N) is 2. The summed E-state index contributed by atoms with van der Waals surface area (Å²) in [4.78, 5) is 7.97. The lowest BCUT2D eigenvalue weighted by atomic mass is 10.4. The van der Waals surface area contributed by atoms with E-state index in [0.717, 1.165) is 24.6 Å². The van der Waals surface area contributed by atoms with Crippen molar-refractivity contribution in [1.29, 1.82) is 0 Å². The van der Waals surface area contributed by atoms with E-state index in [2.05, 4.69) is 20.6 Å². The maximum atomic E-state index is 5.89. The van der Waals surface area contributed by atoms with Gasteiger partial charge in [-0.25, -0.2) is 9.97 Å². The van der Waals surface area contributed by atoms with Gasteiger partial charge in [0.2, 0.25) is 0 Å². The van der Waals surface area contributed by atoms with Gasteiger partial charge in [-0.05, 0) is 13.8 Å². The molecule has 1 heterocycles. The Hall–Kier alpha value is -1.03. The van der Waals surface area contributed by atoms with Crippen molar-refractivity contribution in [2.24, 2.45) is 0 Å². The maximum absolute atomic E-state index is 5.89. The van der Waals surface area contributed by atoms with Crippen LogP contribution in [0, 0.1) is 0 Å². The quantitative estimate of drug-likeness (QED) is 0.730. The van der Waals surface area contributed by atoms with Crippen molar-refractivity contribution in [3.63, 3.8) is 0 Å². The van der Waals surface area contributed by atoms with Crippen molar-refractivity contribution in [3.05, 3.63) is 11.5 Å². The van der Waals surface area contributed by atoms with Crippen LogP contribution in [0.5, 0.6) is 0 Å². The zero-order chi connectivity index (χ0) is 9.68. The van der Waals surface area contributed by atoms with Gasteiger partial charge in [0, 0.05) is 13.1 Å². The Labute approximate surface area is 82.7 Å². The SMILES string of the molecule is CCNc1ncnc(Cl)c1NCC. The van der Waals surface area contributed by atoms with E-state index in [9.17, 15) is 0 Å². The van der Waals surface area contributed by atoms with Gasteiger partial charge in [0.05, 0.1) is 0 Å². The molecule has 0 radical (unpaired) electrons. The fourth-order valence-corrected chi connectivity index (χ4v) is 1.20. The Morgan fingerprint density at radius 2 is 1.92 bits per heavy atom. The van der Waals surface area contributed by atoms with E-state index < -0.39 is 0 Å². The molecule has 0 atom stereocenters. The topological polar surface area (TPSA) is 49.8 Å². The molecule has 0 saturated carbocycles. The molecule has 0 aliphatic rings. The van der Waals surface area contributed by atoms with Crippen LogP contribution in [0.15, 0.2) is 6.33 Å². The first-order valence-electron chi connectivity index (χ1n) is 4.27. The van der Waals surface area contributed by atoms with Crippen LogP contribution in [0.4, 0.5) is 11.5 Å². The highest BCUT2D eigenvalue weighted by Crippen LogP contribution is 2.25. The highest BCUT2D eigenvalue weighted by atomic mass is 35.5. The van der Waals surface area contributed by atoms with E-state index in [1.807, 2.05) is 13.8 Å². The third-order valence-electron chi connectivity index (χ3n) is 1.50. The zero-order valence-electron chi connectivity index (χ0n) is 7.76. The molecule has 0 bridgehead atoms. The van der Waals surface area contributed by atoms with Crippen molar-refractivity contribution in [2.45, 2.75) is 13.8 Å². The average Bonchev–Trinajstić information content (AvgIpc) is 2.11. The predicted octanol–water partition coefficient (Wildman–Crippen LogP) is 1.99. The van der Waals surface area contributed by atoms with Gasteiger partial charge in [0.25, 0.3) is 0 Å². The second kappa shape index (κ2) is 4.87. The molecule has 1 aromatic heterocycles. The Kier molecular flexibility index (Phi) is 3.76. The number of halogens is 1. The average molecular weight is 201 g/mol. The largest absolute Gasteiger partial charge is 0.380 e. The van der Waals surface area contributed by atoms with Gasteiger partial charge in [-0.15, -0.1) is 0 Å². The number of rotatable bonds is 4. The molecule has 13 heavy (non-hydrogen) atoms. The zero-order valence-corrected chi connectivity index (χ0v) is 8.52. The second-order valence-corrected chi connectivity index (χ2v) is 2.81. The molecule has 0 aliphatic heterocycles. The summed E-state index contributed by atoms with van der Waals surface area (Å²) in [5.41, 5.74) is 0.772. The molecule has 2 N–H and O–H groups in total. The van der Waals surface area contributed by atoms with Gasteiger partial charge in [0.15, 0.2) is 11.0 Å². The first-order valence-corrected chi connectivity index (χ1v) is 4.65. The fourth-order valence-electron chi connectivity index (χ4n) is 0.999. The monoisotopic (exact) mass is 200 g/mol. The molecule has 5 heteroatoms. The molecule has 4 nitrogen and oxygen atoms in total. The fraction of sp³-hybridized carbons (Fsp3) is 0.500. The molecule has 0 aliphatic carbocycles. The summed E-state index contributed by atoms with van der Waals surface area (Å²) in [7, 11) is 0. The van der Waals surface area contributed by atoms with Crippen molar-refractivity contribution in [1.82, 2.24) is 9.97 Å². The molecule has 0 saturated heterocycles. The van der Waals surface area contributed by atoms with Gasteiger partial charge in [-0.3, -0.25) is 0 Å². The number of hydrogen-bond acceptors (Lipinski definition) is 4. The van der Waals surface area contributed by atoms with Crippen LogP contribution < -0.4 is 10.6 Å². The van der Waals surface area contributed by atoms with Crippen molar-refractivity contribution in [3.8, 4) is 0 Å². The number of hydrogen-bond donors (Lipinski definition) is 2. The highest BCUT2D eigenvalue weighted by Gasteiger charge is 2.06. The van der Waals surface area contributed by atoms with Crippen molar-refractivity contribution >= 4 is 23.1 Å². The lowest BCUT2D eigenvalue weighted by Gasteiger charge is -2.10. The summed E-state index contributed by atoms with van der Waals surface area (Å²) in [5, 5.41) is 6.67. The van der Waals surface area contributed by atoms with Crippen LogP contribution in [0.1, 0.15) is 13.8 Å². The highest BCUT2D eigenvalue weighted by molar-refractivity contribution is 6.32. The van der Waals surface area contributed by atoms with Crippen LogP contribution in [0.2, 0.25) is 5.15 Å². The summed E-state index contributed by atoms with van der Waals surface area (Å²) < 4.78 is 0. The number of aromatic nitrogens is 2. The van der Waals surface area contributed by atoms with Crippen LogP contribution in [0.3, 0.4) is 0 Å². The Bertz CT molecular complexity index is 277. The molecular formula is C8H13ClN4. The summed E-state index contributed by atoms with van der Waals surface area (Å²) in [5.74, 6) is 0.754. The van der Waals surface area contributed by atoms with Crippen LogP contribution in [0.25, 0.3) is 0 Å². The van der Waals surface area contributed by atoms with Crippen LogP contribution >= 0.6 is 11.6 Å². The first kappa shape index (κ1) is 10.1. The maximum Gasteiger partial charge on any atom is 0.157 e. The van der Waals surface area contributed by atoms with E-state index in [4.69, 9.17) is 11.6 Å². The lowest BCUT2D eigenvalue weighted by Crippen LogP contribution is -2.07. The lowest BCUT2D eigenvalue weighted by molar-refractivity contribution is 1.09. The minimum absolute atomic E-state index is 0.452. The summed E-state index contributed by atoms with van der Waals surface area (Å²) in [6.07, 6.45) is 1.45. The Balaban J connectivity index is 2.95. The Morgan fingerprint density at radius 1 is 1.23 bits per heavy atom. The molecule has 0 unspecified atom stereocenters. The van der Waals surface area contributed by atoms with Crippen molar-refractivity contribution in [2.75, 3.05) is 23.7 Å². The van der Waals surface area contributed by atoms with Gasteiger partial charge >= 0.3 is 0 Å². The number of anilines is 2. The van der Waals surface area contributed by atoms with E-state index in [1.54, 1.807) is 0 Å². The first-order chi connectivity index (χ1) is 6.29. The molecular weight excluding hydrogens is 188 g/mol. The summed E-state index contributed by atoms with van der Waals surface area (Å²) in [6.45, 7) is 5.61. The molecule has 0 fully saturated rings. The molecule has 72 valence electrons. The minimum atomic E-state index is 0.452. The molecule has 1 aromatic rings. The molecule has 0 aromatic carbocycles. The summed E-state index contributed by atoms with van der Waals surface area (Å²) >= 11 is 5.89. The second-order valence-electron chi connectivity index (χ2n) is 2.45. The van der Waals surface area contributed by atoms with Gasteiger partial charge in [0.1, 0.15) is 12.0 Å². The van der Waals surface area contributed by atoms with E-state index in [-0.39, 0.29) is 0 Å².